The first-order chi connectivity index (χ1) is 7.24. The van der Waals surface area contributed by atoms with E-state index in [0.717, 1.165) is 0 Å². The Kier molecular flexibility index (Phi) is 7.64. The third-order valence-electron chi connectivity index (χ3n) is 1.69. The second-order valence-corrected chi connectivity index (χ2v) is 2.75. The fourth-order valence-electron chi connectivity index (χ4n) is 0.950. The molecule has 0 saturated carbocycles. The van der Waals surface area contributed by atoms with E-state index in [1.807, 2.05) is 13.8 Å². The van der Waals surface area contributed by atoms with Gasteiger partial charge in [0.2, 0.25) is 0 Å². The molecule has 0 fully saturated rings. The van der Waals surface area contributed by atoms with E-state index in [2.05, 4.69) is 0 Å². The first kappa shape index (κ1) is 13.9. The first-order valence-electron chi connectivity index (χ1n) is 5.12. The predicted octanol–water partition coefficient (Wildman–Crippen LogP) is 3.19. The fourth-order valence-corrected chi connectivity index (χ4v) is 0.950. The van der Waals surface area contributed by atoms with Crippen molar-refractivity contribution in [2.45, 2.75) is 20.8 Å². The maximum absolute atomic E-state index is 12.8. The van der Waals surface area contributed by atoms with Gasteiger partial charge in [0.05, 0.1) is 6.61 Å². The van der Waals surface area contributed by atoms with E-state index >= 15 is 0 Å². The Labute approximate surface area is 91.0 Å². The van der Waals surface area contributed by atoms with Gasteiger partial charge in [0.15, 0.2) is 0 Å². The van der Waals surface area contributed by atoms with Crippen molar-refractivity contribution in [3.05, 3.63) is 29.6 Å². The molecule has 0 N–H and O–H groups in total. The molecule has 0 radical (unpaired) electrons. The highest BCUT2D eigenvalue weighted by Crippen LogP contribution is 2.15. The van der Waals surface area contributed by atoms with Crippen molar-refractivity contribution in [3.8, 4) is 5.75 Å². The van der Waals surface area contributed by atoms with Gasteiger partial charge < -0.3 is 9.47 Å². The third kappa shape index (κ3) is 5.37. The summed E-state index contributed by atoms with van der Waals surface area (Å²) in [6.07, 6.45) is 0. The summed E-state index contributed by atoms with van der Waals surface area (Å²) in [5, 5.41) is 0. The zero-order valence-electron chi connectivity index (χ0n) is 9.84. The van der Waals surface area contributed by atoms with E-state index in [-0.39, 0.29) is 5.82 Å². The predicted molar refractivity (Wildman–Crippen MR) is 59.9 cm³/mol. The molecule has 0 aliphatic heterocycles. The SMILES string of the molecule is CC.COCCOc1ccc(F)c(C)c1. The Morgan fingerprint density at radius 1 is 1.20 bits per heavy atom. The number of rotatable bonds is 4. The number of methoxy groups -OCH3 is 1. The van der Waals surface area contributed by atoms with Gasteiger partial charge in [-0.1, -0.05) is 13.8 Å². The molecule has 0 aromatic heterocycles. The molecule has 0 unspecified atom stereocenters. The molecule has 15 heavy (non-hydrogen) atoms. The van der Waals surface area contributed by atoms with E-state index < -0.39 is 0 Å². The lowest BCUT2D eigenvalue weighted by molar-refractivity contribution is 0.146. The van der Waals surface area contributed by atoms with Crippen LogP contribution in [0, 0.1) is 12.7 Å². The van der Waals surface area contributed by atoms with E-state index in [1.54, 1.807) is 26.2 Å². The number of benzene rings is 1. The van der Waals surface area contributed by atoms with Gasteiger partial charge in [-0.3, -0.25) is 0 Å². The smallest absolute Gasteiger partial charge is 0.126 e. The molecule has 0 aliphatic rings. The van der Waals surface area contributed by atoms with Gasteiger partial charge >= 0.3 is 0 Å². The van der Waals surface area contributed by atoms with E-state index in [9.17, 15) is 4.39 Å². The minimum absolute atomic E-state index is 0.209. The molecule has 0 saturated heterocycles. The molecular weight excluding hydrogens is 195 g/mol. The van der Waals surface area contributed by atoms with Crippen LogP contribution in [0.1, 0.15) is 19.4 Å². The molecule has 0 amide bonds. The Morgan fingerprint density at radius 3 is 2.40 bits per heavy atom. The van der Waals surface area contributed by atoms with Crippen molar-refractivity contribution in [1.82, 2.24) is 0 Å². The zero-order valence-corrected chi connectivity index (χ0v) is 9.84. The van der Waals surface area contributed by atoms with Crippen LogP contribution in [0.25, 0.3) is 0 Å². The van der Waals surface area contributed by atoms with Crippen LogP contribution in [0.3, 0.4) is 0 Å². The Morgan fingerprint density at radius 2 is 1.87 bits per heavy atom. The summed E-state index contributed by atoms with van der Waals surface area (Å²) in [4.78, 5) is 0. The quantitative estimate of drug-likeness (QED) is 0.717. The van der Waals surface area contributed by atoms with E-state index in [1.165, 1.54) is 6.07 Å². The van der Waals surface area contributed by atoms with Crippen molar-refractivity contribution < 1.29 is 13.9 Å². The number of halogens is 1. The van der Waals surface area contributed by atoms with Crippen LogP contribution in [0.4, 0.5) is 4.39 Å². The van der Waals surface area contributed by atoms with Crippen molar-refractivity contribution in [3.63, 3.8) is 0 Å². The van der Waals surface area contributed by atoms with Gasteiger partial charge in [-0.2, -0.15) is 0 Å². The summed E-state index contributed by atoms with van der Waals surface area (Å²) in [6, 6.07) is 4.68. The maximum atomic E-state index is 12.8. The number of hydrogen-bond donors (Lipinski definition) is 0. The van der Waals surface area contributed by atoms with E-state index in [4.69, 9.17) is 9.47 Å². The van der Waals surface area contributed by atoms with Gasteiger partial charge in [0.1, 0.15) is 18.2 Å². The maximum Gasteiger partial charge on any atom is 0.126 e. The third-order valence-corrected chi connectivity index (χ3v) is 1.69. The summed E-state index contributed by atoms with van der Waals surface area (Å²) >= 11 is 0. The van der Waals surface area contributed by atoms with Crippen LogP contribution in [-0.2, 0) is 4.74 Å². The van der Waals surface area contributed by atoms with Gasteiger partial charge in [-0.25, -0.2) is 4.39 Å². The molecule has 1 aromatic carbocycles. The normalized spacial score (nSPS) is 9.13. The summed E-state index contributed by atoms with van der Waals surface area (Å²) in [5.74, 6) is 0.468. The van der Waals surface area contributed by atoms with Crippen LogP contribution >= 0.6 is 0 Å². The summed E-state index contributed by atoms with van der Waals surface area (Å²) < 4.78 is 22.9. The molecular formula is C12H19FO2. The molecule has 2 nitrogen and oxygen atoms in total. The molecule has 0 aliphatic carbocycles. The average molecular weight is 214 g/mol. The van der Waals surface area contributed by atoms with Crippen molar-refractivity contribution in [2.24, 2.45) is 0 Å². The molecule has 0 spiro atoms. The summed E-state index contributed by atoms with van der Waals surface area (Å²) in [6.45, 7) is 6.73. The zero-order chi connectivity index (χ0) is 11.7. The monoisotopic (exact) mass is 214 g/mol. The largest absolute Gasteiger partial charge is 0.491 e. The van der Waals surface area contributed by atoms with Gasteiger partial charge in [-0.15, -0.1) is 0 Å². The minimum Gasteiger partial charge on any atom is -0.491 e. The first-order valence-corrected chi connectivity index (χ1v) is 5.12. The van der Waals surface area contributed by atoms with Crippen LogP contribution in [0.5, 0.6) is 5.75 Å². The molecule has 0 bridgehead atoms. The second kappa shape index (κ2) is 8.24. The van der Waals surface area contributed by atoms with Crippen LogP contribution in [0.15, 0.2) is 18.2 Å². The number of hydrogen-bond acceptors (Lipinski definition) is 2. The highest BCUT2D eigenvalue weighted by molar-refractivity contribution is 5.28. The highest BCUT2D eigenvalue weighted by atomic mass is 19.1. The average Bonchev–Trinajstić information content (AvgIpc) is 2.27. The van der Waals surface area contributed by atoms with E-state index in [0.29, 0.717) is 24.5 Å². The Hall–Kier alpha value is -1.09. The lowest BCUT2D eigenvalue weighted by Gasteiger charge is -2.06. The standard InChI is InChI=1S/C10H13FO2.C2H6/c1-8-7-9(3-4-10(8)11)13-6-5-12-2;1-2/h3-4,7H,5-6H2,1-2H3;1-2H3. The van der Waals surface area contributed by atoms with Crippen LogP contribution < -0.4 is 4.74 Å². The molecule has 1 rings (SSSR count). The summed E-state index contributed by atoms with van der Waals surface area (Å²) in [7, 11) is 1.61. The highest BCUT2D eigenvalue weighted by Gasteiger charge is 1.98. The minimum atomic E-state index is -0.209. The number of ether oxygens (including phenoxy) is 2. The van der Waals surface area contributed by atoms with Crippen molar-refractivity contribution >= 4 is 0 Å². The van der Waals surface area contributed by atoms with Crippen molar-refractivity contribution in [2.75, 3.05) is 20.3 Å². The molecule has 86 valence electrons. The molecule has 1 aromatic rings. The Balaban J connectivity index is 0.000000921. The summed E-state index contributed by atoms with van der Waals surface area (Å²) in [5.41, 5.74) is 0.593. The number of aryl methyl sites for hydroxylation is 1. The van der Waals surface area contributed by atoms with Gasteiger partial charge in [-0.05, 0) is 30.7 Å². The second-order valence-electron chi connectivity index (χ2n) is 2.75. The van der Waals surface area contributed by atoms with Crippen LogP contribution in [0.2, 0.25) is 0 Å². The molecule has 0 atom stereocenters. The molecule has 0 heterocycles. The van der Waals surface area contributed by atoms with Crippen molar-refractivity contribution in [1.29, 1.82) is 0 Å². The fraction of sp³-hybridized carbons (Fsp3) is 0.500. The Bertz CT molecular complexity index is 274. The molecule has 3 heteroatoms. The van der Waals surface area contributed by atoms with Gasteiger partial charge in [0.25, 0.3) is 0 Å². The topological polar surface area (TPSA) is 18.5 Å². The lowest BCUT2D eigenvalue weighted by atomic mass is 10.2. The lowest BCUT2D eigenvalue weighted by Crippen LogP contribution is -2.04. The van der Waals surface area contributed by atoms with Gasteiger partial charge in [0, 0.05) is 7.11 Å². The van der Waals surface area contributed by atoms with Crippen LogP contribution in [-0.4, -0.2) is 20.3 Å².